The Morgan fingerprint density at radius 2 is 1.65 bits per heavy atom. The zero-order chi connectivity index (χ0) is 22.0. The van der Waals surface area contributed by atoms with Gasteiger partial charge in [0.15, 0.2) is 0 Å². The molecule has 3 aromatic rings. The van der Waals surface area contributed by atoms with Crippen LogP contribution in [0.5, 0.6) is 0 Å². The van der Waals surface area contributed by atoms with Crippen LogP contribution in [0.2, 0.25) is 0 Å². The summed E-state index contributed by atoms with van der Waals surface area (Å²) in [6.07, 6.45) is 1.93. The van der Waals surface area contributed by atoms with Crippen LogP contribution in [0.4, 0.5) is 4.79 Å². The van der Waals surface area contributed by atoms with Gasteiger partial charge in [0.2, 0.25) is 5.82 Å². The highest BCUT2D eigenvalue weighted by atomic mass is 16.5. The van der Waals surface area contributed by atoms with E-state index < -0.39 is 0 Å². The Kier molecular flexibility index (Phi) is 5.89. The summed E-state index contributed by atoms with van der Waals surface area (Å²) in [5.74, 6) is 0.968. The zero-order valence-corrected chi connectivity index (χ0v) is 18.5. The number of carbonyl (C=O) groups excluding carboxylic acids is 1. The monoisotopic (exact) mass is 416 g/mol. The lowest BCUT2D eigenvalue weighted by molar-refractivity contribution is 0.204. The molecule has 160 valence electrons. The highest BCUT2D eigenvalue weighted by molar-refractivity contribution is 5.86. The molecule has 0 saturated carbocycles. The summed E-state index contributed by atoms with van der Waals surface area (Å²) in [6, 6.07) is 15.7. The van der Waals surface area contributed by atoms with Crippen LogP contribution in [0, 0.1) is 13.8 Å². The molecule has 31 heavy (non-hydrogen) atoms. The van der Waals surface area contributed by atoms with Crippen molar-refractivity contribution in [1.82, 2.24) is 20.4 Å². The molecular formula is C25H28N4O2. The molecule has 6 heteroatoms. The standard InChI is InChI=1S/C25H28N4O2/c1-5-6-15-29-18(4)21(22(26-25(29)30)19-11-7-16(2)8-12-19)24-27-23(28-31-24)20-13-9-17(3)10-14-20/h7-14,22H,5-6,15H2,1-4H3,(H,26,30). The molecule has 1 N–H and O–H groups in total. The Labute approximate surface area is 183 Å². The fourth-order valence-electron chi connectivity index (χ4n) is 3.81. The number of benzene rings is 2. The highest BCUT2D eigenvalue weighted by Crippen LogP contribution is 2.37. The van der Waals surface area contributed by atoms with E-state index in [1.807, 2.05) is 69.3 Å². The van der Waals surface area contributed by atoms with E-state index in [-0.39, 0.29) is 12.1 Å². The molecule has 2 heterocycles. The molecule has 0 aliphatic carbocycles. The van der Waals surface area contributed by atoms with E-state index in [0.717, 1.165) is 40.8 Å². The number of carbonyl (C=O) groups is 1. The number of rotatable bonds is 6. The zero-order valence-electron chi connectivity index (χ0n) is 18.5. The SMILES string of the molecule is CCCCN1C(=O)NC(c2ccc(C)cc2)C(c2nc(-c3ccc(C)cc3)no2)=C1C. The molecule has 0 fully saturated rings. The lowest BCUT2D eigenvalue weighted by Gasteiger charge is -2.35. The van der Waals surface area contributed by atoms with Crippen molar-refractivity contribution >= 4 is 11.6 Å². The first kappa shape index (κ1) is 20.8. The van der Waals surface area contributed by atoms with E-state index in [4.69, 9.17) is 9.51 Å². The van der Waals surface area contributed by atoms with Gasteiger partial charge in [0.25, 0.3) is 5.89 Å². The lowest BCUT2D eigenvalue weighted by Crippen LogP contribution is -2.46. The fraction of sp³-hybridized carbons (Fsp3) is 0.320. The molecule has 1 unspecified atom stereocenters. The van der Waals surface area contributed by atoms with Gasteiger partial charge in [0.1, 0.15) is 0 Å². The maximum Gasteiger partial charge on any atom is 0.322 e. The smallest absolute Gasteiger partial charge is 0.322 e. The van der Waals surface area contributed by atoms with Gasteiger partial charge in [-0.1, -0.05) is 78.2 Å². The number of amides is 2. The number of aryl methyl sites for hydroxylation is 2. The third-order valence-electron chi connectivity index (χ3n) is 5.71. The molecule has 1 atom stereocenters. The summed E-state index contributed by atoms with van der Waals surface area (Å²) in [4.78, 5) is 19.4. The number of nitrogens with zero attached hydrogens (tertiary/aromatic N) is 3. The van der Waals surface area contributed by atoms with Gasteiger partial charge in [0, 0.05) is 17.8 Å². The number of allylic oxidation sites excluding steroid dienone is 1. The molecule has 0 bridgehead atoms. The van der Waals surface area contributed by atoms with Crippen molar-refractivity contribution in [3.63, 3.8) is 0 Å². The molecule has 0 radical (unpaired) electrons. The lowest BCUT2D eigenvalue weighted by atomic mass is 9.94. The number of hydrogen-bond donors (Lipinski definition) is 1. The van der Waals surface area contributed by atoms with E-state index in [0.29, 0.717) is 18.3 Å². The average Bonchev–Trinajstić information content (AvgIpc) is 3.24. The minimum atomic E-state index is -0.350. The second kappa shape index (κ2) is 8.76. The molecule has 2 aromatic carbocycles. The van der Waals surface area contributed by atoms with Crippen molar-refractivity contribution in [3.8, 4) is 11.4 Å². The second-order valence-corrected chi connectivity index (χ2v) is 8.09. The van der Waals surface area contributed by atoms with Crippen molar-refractivity contribution < 1.29 is 9.32 Å². The molecule has 1 aromatic heterocycles. The molecule has 2 amide bonds. The van der Waals surface area contributed by atoms with Gasteiger partial charge in [-0.05, 0) is 32.8 Å². The highest BCUT2D eigenvalue weighted by Gasteiger charge is 2.35. The summed E-state index contributed by atoms with van der Waals surface area (Å²) in [6.45, 7) is 8.81. The predicted octanol–water partition coefficient (Wildman–Crippen LogP) is 5.65. The van der Waals surface area contributed by atoms with Gasteiger partial charge in [0.05, 0.1) is 11.6 Å². The topological polar surface area (TPSA) is 71.3 Å². The Morgan fingerprint density at radius 3 is 2.29 bits per heavy atom. The van der Waals surface area contributed by atoms with Crippen molar-refractivity contribution in [2.75, 3.05) is 6.54 Å². The van der Waals surface area contributed by atoms with Crippen molar-refractivity contribution in [2.45, 2.75) is 46.6 Å². The van der Waals surface area contributed by atoms with E-state index in [1.165, 1.54) is 5.56 Å². The number of hydrogen-bond acceptors (Lipinski definition) is 4. The fourth-order valence-corrected chi connectivity index (χ4v) is 3.81. The Hall–Kier alpha value is -3.41. The number of aromatic nitrogens is 2. The minimum absolute atomic E-state index is 0.0986. The van der Waals surface area contributed by atoms with Gasteiger partial charge in [-0.3, -0.25) is 4.90 Å². The van der Waals surface area contributed by atoms with Gasteiger partial charge in [-0.2, -0.15) is 4.98 Å². The normalized spacial score (nSPS) is 16.6. The molecule has 0 saturated heterocycles. The van der Waals surface area contributed by atoms with Crippen LogP contribution in [-0.4, -0.2) is 27.6 Å². The first-order chi connectivity index (χ1) is 15.0. The predicted molar refractivity (Wildman–Crippen MR) is 121 cm³/mol. The van der Waals surface area contributed by atoms with Crippen molar-refractivity contribution in [3.05, 3.63) is 76.8 Å². The molecule has 1 aliphatic rings. The second-order valence-electron chi connectivity index (χ2n) is 8.09. The van der Waals surface area contributed by atoms with Gasteiger partial charge >= 0.3 is 6.03 Å². The summed E-state index contributed by atoms with van der Waals surface area (Å²) in [7, 11) is 0. The third kappa shape index (κ3) is 4.24. The third-order valence-corrected chi connectivity index (χ3v) is 5.71. The average molecular weight is 417 g/mol. The largest absolute Gasteiger partial charge is 0.334 e. The van der Waals surface area contributed by atoms with Gasteiger partial charge < -0.3 is 9.84 Å². The number of urea groups is 1. The Balaban J connectivity index is 1.78. The minimum Gasteiger partial charge on any atom is -0.334 e. The van der Waals surface area contributed by atoms with Gasteiger partial charge in [-0.15, -0.1) is 0 Å². The van der Waals surface area contributed by atoms with E-state index in [9.17, 15) is 4.79 Å². The molecule has 6 nitrogen and oxygen atoms in total. The Bertz CT molecular complexity index is 1100. The summed E-state index contributed by atoms with van der Waals surface area (Å²) < 4.78 is 5.73. The summed E-state index contributed by atoms with van der Waals surface area (Å²) in [5, 5.41) is 7.37. The van der Waals surface area contributed by atoms with Crippen LogP contribution in [0.25, 0.3) is 17.0 Å². The van der Waals surface area contributed by atoms with Crippen LogP contribution in [-0.2, 0) is 0 Å². The maximum atomic E-state index is 12.9. The first-order valence-electron chi connectivity index (χ1n) is 10.7. The number of nitrogens with one attached hydrogen (secondary N) is 1. The van der Waals surface area contributed by atoms with Crippen LogP contribution in [0.3, 0.4) is 0 Å². The maximum absolute atomic E-state index is 12.9. The van der Waals surface area contributed by atoms with Crippen LogP contribution < -0.4 is 5.32 Å². The van der Waals surface area contributed by atoms with Crippen molar-refractivity contribution in [1.29, 1.82) is 0 Å². The number of unbranched alkanes of at least 4 members (excludes halogenated alkanes) is 1. The van der Waals surface area contributed by atoms with E-state index in [2.05, 4.69) is 17.4 Å². The quantitative estimate of drug-likeness (QED) is 0.563. The van der Waals surface area contributed by atoms with Crippen LogP contribution in [0.15, 0.2) is 58.8 Å². The first-order valence-corrected chi connectivity index (χ1v) is 10.7. The molecule has 4 rings (SSSR count). The molecular weight excluding hydrogens is 388 g/mol. The van der Waals surface area contributed by atoms with E-state index >= 15 is 0 Å². The van der Waals surface area contributed by atoms with E-state index in [1.54, 1.807) is 4.90 Å². The summed E-state index contributed by atoms with van der Waals surface area (Å²) >= 11 is 0. The molecule has 0 spiro atoms. The molecule has 1 aliphatic heterocycles. The van der Waals surface area contributed by atoms with Crippen LogP contribution in [0.1, 0.15) is 55.3 Å². The Morgan fingerprint density at radius 1 is 1.00 bits per heavy atom. The van der Waals surface area contributed by atoms with Gasteiger partial charge in [-0.25, -0.2) is 4.79 Å². The van der Waals surface area contributed by atoms with Crippen molar-refractivity contribution in [2.24, 2.45) is 0 Å². The van der Waals surface area contributed by atoms with Crippen LogP contribution >= 0.6 is 0 Å². The summed E-state index contributed by atoms with van der Waals surface area (Å²) in [5.41, 5.74) is 5.91.